The number of methoxy groups -OCH3 is 1. The molecular weight excluding hydrogens is 508 g/mol. The lowest BCUT2D eigenvalue weighted by molar-refractivity contribution is -0.113. The van der Waals surface area contributed by atoms with Crippen LogP contribution in [0.5, 0.6) is 5.75 Å². The average molecular weight is 541 g/mol. The topological polar surface area (TPSA) is 95.3 Å². The van der Waals surface area contributed by atoms with E-state index in [0.29, 0.717) is 28.1 Å². The fourth-order valence-electron chi connectivity index (χ4n) is 4.40. The third-order valence-corrected chi connectivity index (χ3v) is 8.29. The predicted molar refractivity (Wildman–Crippen MR) is 147 cm³/mol. The Kier molecular flexibility index (Phi) is 9.04. The number of allylic oxidation sites excluding steroid dienone is 1. The molecule has 1 unspecified atom stereocenters. The monoisotopic (exact) mass is 540 g/mol. The number of thioether (sulfide) groups is 1. The Morgan fingerprint density at radius 1 is 1.27 bits per heavy atom. The van der Waals surface area contributed by atoms with Crippen LogP contribution in [0.4, 0.5) is 5.00 Å². The number of nitrogens with zero attached hydrogens (tertiary/aromatic N) is 3. The molecule has 4 rings (SSSR count). The van der Waals surface area contributed by atoms with Gasteiger partial charge < -0.3 is 14.8 Å². The van der Waals surface area contributed by atoms with Gasteiger partial charge in [0, 0.05) is 11.4 Å². The minimum Gasteiger partial charge on any atom is -0.483 e. The molecule has 1 aromatic carbocycles. The first-order valence-corrected chi connectivity index (χ1v) is 14.1. The summed E-state index contributed by atoms with van der Waals surface area (Å²) in [4.78, 5) is 26.7. The predicted octanol–water partition coefficient (Wildman–Crippen LogP) is 5.76. The second-order valence-corrected chi connectivity index (χ2v) is 11.0. The number of aryl methyl sites for hydroxylation is 2. The molecule has 0 radical (unpaired) electrons. The summed E-state index contributed by atoms with van der Waals surface area (Å²) in [6.45, 7) is 8.26. The van der Waals surface area contributed by atoms with Crippen LogP contribution in [-0.4, -0.2) is 39.5 Å². The Balaban J connectivity index is 1.46. The molecule has 0 bridgehead atoms. The number of carbonyl (C=O) groups is 2. The number of anilines is 1. The largest absolute Gasteiger partial charge is 0.483 e. The molecular formula is C27H32N4O4S2. The number of carbonyl (C=O) groups excluding carboxylic acids is 2. The second-order valence-electron chi connectivity index (χ2n) is 8.91. The van der Waals surface area contributed by atoms with E-state index < -0.39 is 5.97 Å². The van der Waals surface area contributed by atoms with Crippen LogP contribution in [0.15, 0.2) is 42.1 Å². The number of ether oxygens (including phenoxy) is 2. The number of esters is 1. The highest BCUT2D eigenvalue weighted by atomic mass is 32.2. The smallest absolute Gasteiger partial charge is 0.341 e. The number of benzene rings is 1. The third kappa shape index (κ3) is 6.42. The Morgan fingerprint density at radius 2 is 2.08 bits per heavy atom. The van der Waals surface area contributed by atoms with Crippen molar-refractivity contribution < 1.29 is 19.1 Å². The van der Waals surface area contributed by atoms with Crippen molar-refractivity contribution in [2.75, 3.05) is 18.2 Å². The van der Waals surface area contributed by atoms with E-state index in [9.17, 15) is 9.59 Å². The maximum Gasteiger partial charge on any atom is 0.341 e. The Bertz CT molecular complexity index is 1280. The van der Waals surface area contributed by atoms with E-state index in [1.165, 1.54) is 35.1 Å². The van der Waals surface area contributed by atoms with Gasteiger partial charge in [-0.25, -0.2) is 4.79 Å². The maximum absolute atomic E-state index is 12.9. The number of thiophene rings is 1. The molecule has 37 heavy (non-hydrogen) atoms. The summed E-state index contributed by atoms with van der Waals surface area (Å²) >= 11 is 2.77. The normalized spacial score (nSPS) is 13.8. The van der Waals surface area contributed by atoms with Crippen molar-refractivity contribution in [3.8, 4) is 5.75 Å². The van der Waals surface area contributed by atoms with Gasteiger partial charge in [0.05, 0.1) is 18.4 Å². The lowest BCUT2D eigenvalue weighted by Gasteiger charge is -2.16. The molecule has 0 fully saturated rings. The molecule has 1 amide bonds. The molecule has 1 aliphatic carbocycles. The zero-order chi connectivity index (χ0) is 26.4. The van der Waals surface area contributed by atoms with Gasteiger partial charge >= 0.3 is 5.97 Å². The van der Waals surface area contributed by atoms with Gasteiger partial charge in [0.15, 0.2) is 17.1 Å². The van der Waals surface area contributed by atoms with E-state index in [1.807, 2.05) is 42.7 Å². The highest BCUT2D eigenvalue weighted by molar-refractivity contribution is 7.99. The molecule has 0 aliphatic heterocycles. The average Bonchev–Trinajstić information content (AvgIpc) is 3.34. The lowest BCUT2D eigenvalue weighted by atomic mass is 10.1. The summed E-state index contributed by atoms with van der Waals surface area (Å²) in [7, 11) is 1.37. The van der Waals surface area contributed by atoms with E-state index >= 15 is 0 Å². The maximum atomic E-state index is 12.9. The lowest BCUT2D eigenvalue weighted by Crippen LogP contribution is -2.17. The zero-order valence-corrected chi connectivity index (χ0v) is 23.0. The highest BCUT2D eigenvalue weighted by Gasteiger charge is 2.27. The third-order valence-electron chi connectivity index (χ3n) is 6.12. The molecule has 1 atom stereocenters. The highest BCUT2D eigenvalue weighted by Crippen LogP contribution is 2.38. The summed E-state index contributed by atoms with van der Waals surface area (Å²) < 4.78 is 13.0. The minimum absolute atomic E-state index is 0.117. The van der Waals surface area contributed by atoms with Crippen molar-refractivity contribution in [1.29, 1.82) is 0 Å². The van der Waals surface area contributed by atoms with Crippen LogP contribution < -0.4 is 10.1 Å². The van der Waals surface area contributed by atoms with Crippen molar-refractivity contribution in [2.45, 2.75) is 63.8 Å². The molecule has 0 saturated carbocycles. The Morgan fingerprint density at radius 3 is 2.84 bits per heavy atom. The molecule has 2 aromatic heterocycles. The molecule has 8 nitrogen and oxygen atoms in total. The SMILES string of the molecule is C=CCn1c(SCC(=O)Nc2sc3c(c2C(=O)OC)CCCCC3)nnc1C(C)Oc1cccc(C)c1. The van der Waals surface area contributed by atoms with Gasteiger partial charge in [0.1, 0.15) is 10.8 Å². The van der Waals surface area contributed by atoms with Crippen LogP contribution in [0.3, 0.4) is 0 Å². The van der Waals surface area contributed by atoms with Crippen molar-refractivity contribution in [1.82, 2.24) is 14.8 Å². The molecule has 3 aromatic rings. The summed E-state index contributed by atoms with van der Waals surface area (Å²) in [5, 5.41) is 12.8. The summed E-state index contributed by atoms with van der Waals surface area (Å²) in [5.74, 6) is 0.904. The first kappa shape index (κ1) is 26.9. The Labute approximate surface area is 225 Å². The van der Waals surface area contributed by atoms with Crippen LogP contribution in [0, 0.1) is 6.92 Å². The van der Waals surface area contributed by atoms with Crippen LogP contribution in [-0.2, 0) is 28.9 Å². The molecule has 1 N–H and O–H groups in total. The van der Waals surface area contributed by atoms with E-state index in [1.54, 1.807) is 6.08 Å². The number of fused-ring (bicyclic) bond motifs is 1. The Hall–Kier alpha value is -3.11. The molecule has 0 saturated heterocycles. The van der Waals surface area contributed by atoms with Gasteiger partial charge in [-0.05, 0) is 62.8 Å². The number of hydrogen-bond acceptors (Lipinski definition) is 8. The van der Waals surface area contributed by atoms with Gasteiger partial charge in [-0.1, -0.05) is 36.4 Å². The summed E-state index contributed by atoms with van der Waals surface area (Å²) in [6.07, 6.45) is 6.43. The summed E-state index contributed by atoms with van der Waals surface area (Å²) in [5.41, 5.74) is 2.63. The van der Waals surface area contributed by atoms with Crippen LogP contribution in [0.2, 0.25) is 0 Å². The minimum atomic E-state index is -0.402. The van der Waals surface area contributed by atoms with Crippen molar-refractivity contribution in [3.63, 3.8) is 0 Å². The van der Waals surface area contributed by atoms with Crippen molar-refractivity contribution in [3.05, 3.63) is 64.3 Å². The van der Waals surface area contributed by atoms with Crippen LogP contribution in [0.1, 0.15) is 64.5 Å². The van der Waals surface area contributed by atoms with E-state index in [4.69, 9.17) is 9.47 Å². The van der Waals surface area contributed by atoms with Crippen LogP contribution >= 0.6 is 23.1 Å². The van der Waals surface area contributed by atoms with Gasteiger partial charge in [0.2, 0.25) is 5.91 Å². The van der Waals surface area contributed by atoms with Gasteiger partial charge in [-0.2, -0.15) is 0 Å². The van der Waals surface area contributed by atoms with Gasteiger partial charge in [0.25, 0.3) is 0 Å². The molecule has 10 heteroatoms. The number of nitrogens with one attached hydrogen (secondary N) is 1. The molecule has 0 spiro atoms. The standard InChI is InChI=1S/C27H32N4O4S2/c1-5-14-31-24(18(3)35-19-11-9-10-17(2)15-19)29-30-27(31)36-16-22(32)28-25-23(26(33)34-4)20-12-7-6-8-13-21(20)37-25/h5,9-11,15,18H,1,6-8,12-14,16H2,2-4H3,(H,28,32). The fraction of sp³-hybridized carbons (Fsp3) is 0.407. The molecule has 1 aliphatic rings. The van der Waals surface area contributed by atoms with Crippen LogP contribution in [0.25, 0.3) is 0 Å². The van der Waals surface area contributed by atoms with E-state index in [2.05, 4.69) is 22.1 Å². The number of hydrogen-bond donors (Lipinski definition) is 1. The van der Waals surface area contributed by atoms with Gasteiger partial charge in [-0.3, -0.25) is 9.36 Å². The van der Waals surface area contributed by atoms with E-state index in [-0.39, 0.29) is 17.8 Å². The fourth-order valence-corrected chi connectivity index (χ4v) is 6.44. The second kappa shape index (κ2) is 12.4. The van der Waals surface area contributed by atoms with Gasteiger partial charge in [-0.15, -0.1) is 28.1 Å². The summed E-state index contributed by atoms with van der Waals surface area (Å²) in [6, 6.07) is 7.84. The molecule has 2 heterocycles. The van der Waals surface area contributed by atoms with Crippen molar-refractivity contribution in [2.24, 2.45) is 0 Å². The first-order valence-electron chi connectivity index (χ1n) is 12.3. The number of aromatic nitrogens is 3. The molecule has 196 valence electrons. The quantitative estimate of drug-likeness (QED) is 0.151. The van der Waals surface area contributed by atoms with E-state index in [0.717, 1.165) is 49.0 Å². The number of amides is 1. The zero-order valence-electron chi connectivity index (χ0n) is 21.4. The van der Waals surface area contributed by atoms with Crippen molar-refractivity contribution >= 4 is 40.0 Å². The first-order chi connectivity index (χ1) is 17.9. The number of rotatable bonds is 10.